The van der Waals surface area contributed by atoms with Crippen molar-refractivity contribution in [3.63, 3.8) is 0 Å². The summed E-state index contributed by atoms with van der Waals surface area (Å²) < 4.78 is 0. The molecule has 0 spiro atoms. The molecule has 1 fully saturated rings. The average Bonchev–Trinajstić information content (AvgIpc) is 2.98. The fourth-order valence-corrected chi connectivity index (χ4v) is 10.8. The van der Waals surface area contributed by atoms with Gasteiger partial charge in [-0.05, 0) is 86.9 Å². The van der Waals surface area contributed by atoms with Crippen LogP contribution in [0.4, 0.5) is 4.79 Å². The second kappa shape index (κ2) is 38.0. The Hall–Kier alpha value is -7.38. The molecule has 6 atom stereocenters. The van der Waals surface area contributed by atoms with Crippen LogP contribution in [-0.4, -0.2) is 198 Å². The van der Waals surface area contributed by atoms with Crippen LogP contribution in [0, 0.1) is 11.8 Å². The van der Waals surface area contributed by atoms with Crippen molar-refractivity contribution in [2.45, 2.75) is 154 Å². The molecule has 1 saturated carbocycles. The second-order valence-corrected chi connectivity index (χ2v) is 23.7. The van der Waals surface area contributed by atoms with Gasteiger partial charge in [-0.1, -0.05) is 102 Å². The van der Waals surface area contributed by atoms with E-state index in [9.17, 15) is 52.7 Å². The van der Waals surface area contributed by atoms with Crippen LogP contribution in [0.1, 0.15) is 116 Å². The minimum atomic E-state index is -1.24. The van der Waals surface area contributed by atoms with Crippen LogP contribution in [0.2, 0.25) is 0 Å². The third kappa shape index (κ3) is 23.3. The number of likely N-dealkylation sites (N-methyl/N-ethyl adjacent to an activating group) is 2. The van der Waals surface area contributed by atoms with Gasteiger partial charge in [0.1, 0.15) is 36.5 Å². The van der Waals surface area contributed by atoms with Gasteiger partial charge < -0.3 is 67.8 Å². The molecule has 4 rings (SSSR count). The van der Waals surface area contributed by atoms with Gasteiger partial charge in [0.25, 0.3) is 0 Å². The van der Waals surface area contributed by atoms with E-state index in [0.29, 0.717) is 56.9 Å². The molecule has 0 saturated heterocycles. The lowest BCUT2D eigenvalue weighted by molar-refractivity contribution is -0.153. The molecule has 1 aliphatic rings. The number of rotatable bonds is 40. The van der Waals surface area contributed by atoms with E-state index in [0.717, 1.165) is 40.6 Å². The smallest absolute Gasteiger partial charge is 0.324 e. The molecule has 1 aromatic heterocycles. The van der Waals surface area contributed by atoms with E-state index in [4.69, 9.17) is 11.5 Å². The largest absolute Gasteiger partial charge is 0.361 e. The Morgan fingerprint density at radius 2 is 1.39 bits per heavy atom. The molecule has 0 radical (unpaired) electrons. The quantitative estimate of drug-likeness (QED) is 0.0292. The van der Waals surface area contributed by atoms with Crippen LogP contribution in [0.25, 0.3) is 10.9 Å². The number of imide groups is 1. The zero-order chi connectivity index (χ0) is 64.0. The van der Waals surface area contributed by atoms with Crippen molar-refractivity contribution < 1.29 is 52.7 Å². The first kappa shape index (κ1) is 72.1. The van der Waals surface area contributed by atoms with Crippen LogP contribution in [0.3, 0.4) is 0 Å². The van der Waals surface area contributed by atoms with Gasteiger partial charge in [-0.25, -0.2) is 4.79 Å². The average molecular weight is 1230 g/mol. The minimum absolute atomic E-state index is 0.00409. The maximum atomic E-state index is 14.7. The molecule has 0 bridgehead atoms. The highest BCUT2D eigenvalue weighted by Gasteiger charge is 2.45. The van der Waals surface area contributed by atoms with E-state index >= 15 is 0 Å². The summed E-state index contributed by atoms with van der Waals surface area (Å²) in [4.78, 5) is 158. The summed E-state index contributed by atoms with van der Waals surface area (Å²) in [7, 11) is 3.02. The van der Waals surface area contributed by atoms with Crippen LogP contribution in [0.15, 0.2) is 60.8 Å². The number of aromatic amines is 1. The first-order valence-electron chi connectivity index (χ1n) is 30.6. The van der Waals surface area contributed by atoms with E-state index in [1.54, 1.807) is 11.1 Å². The van der Waals surface area contributed by atoms with Crippen molar-refractivity contribution in [2.75, 3.05) is 71.4 Å². The Morgan fingerprint density at radius 1 is 0.701 bits per heavy atom. The number of hydrogen-bond donors (Lipinski definition) is 9. The summed E-state index contributed by atoms with van der Waals surface area (Å²) in [6.45, 7) is 9.16. The zero-order valence-electron chi connectivity index (χ0n) is 51.9. The van der Waals surface area contributed by atoms with Crippen molar-refractivity contribution in [3.8, 4) is 0 Å². The Labute approximate surface area is 516 Å². The van der Waals surface area contributed by atoms with Crippen LogP contribution < -0.4 is 43.4 Å². The maximum absolute atomic E-state index is 14.7. The van der Waals surface area contributed by atoms with Gasteiger partial charge in [0.15, 0.2) is 0 Å². The maximum Gasteiger partial charge on any atom is 0.324 e. The molecule has 1 aliphatic carbocycles. The van der Waals surface area contributed by atoms with Gasteiger partial charge in [0.05, 0.1) is 31.4 Å². The summed E-state index contributed by atoms with van der Waals surface area (Å²) in [5.41, 5.74) is 14.1. The van der Waals surface area contributed by atoms with E-state index in [1.165, 1.54) is 35.7 Å². The van der Waals surface area contributed by atoms with Crippen LogP contribution in [-0.2, 0) is 60.8 Å². The summed E-state index contributed by atoms with van der Waals surface area (Å²) >= 11 is 1.19. The number of hydrogen-bond acceptors (Lipinski definition) is 14. The summed E-state index contributed by atoms with van der Waals surface area (Å²) in [6.07, 6.45) is 8.31. The molecular formula is C62H95N13O11S. The highest BCUT2D eigenvalue weighted by molar-refractivity contribution is 7.99. The number of para-hydroxylation sites is 1. The number of unbranched alkanes of at least 4 members (excludes halogenated alkanes) is 2. The van der Waals surface area contributed by atoms with E-state index in [-0.39, 0.29) is 81.1 Å². The summed E-state index contributed by atoms with van der Waals surface area (Å²) in [6, 6.07) is 9.71. The van der Waals surface area contributed by atoms with Gasteiger partial charge in [0.2, 0.25) is 53.2 Å². The number of carbonyl (C=O) groups excluding carboxylic acids is 11. The Bertz CT molecular complexity index is 2740. The highest BCUT2D eigenvalue weighted by atomic mass is 32.2. The molecule has 3 aromatic rings. The van der Waals surface area contributed by atoms with Gasteiger partial charge in [-0.15, -0.1) is 0 Å². The molecule has 87 heavy (non-hydrogen) atoms. The zero-order valence-corrected chi connectivity index (χ0v) is 52.7. The van der Waals surface area contributed by atoms with Gasteiger partial charge >= 0.3 is 6.03 Å². The number of aldehydes is 1. The summed E-state index contributed by atoms with van der Waals surface area (Å²) in [5.74, 6) is -4.67. The fourth-order valence-electron chi connectivity index (χ4n) is 10.1. The Morgan fingerprint density at radius 3 is 2.05 bits per heavy atom. The number of amides is 11. The van der Waals surface area contributed by atoms with Gasteiger partial charge in [-0.3, -0.25) is 48.1 Å². The predicted molar refractivity (Wildman–Crippen MR) is 335 cm³/mol. The molecule has 25 heteroatoms. The number of benzene rings is 2. The number of H-pyrrole nitrogens is 1. The number of nitrogens with zero attached hydrogens (tertiary/aromatic N) is 4. The Balaban J connectivity index is 1.34. The molecule has 1 unspecified atom stereocenters. The molecule has 11 amide bonds. The van der Waals surface area contributed by atoms with Crippen LogP contribution >= 0.6 is 11.8 Å². The number of nitrogens with one attached hydrogen (secondary N) is 7. The monoisotopic (exact) mass is 1230 g/mol. The number of carbonyl (C=O) groups is 11. The molecule has 11 N–H and O–H groups in total. The van der Waals surface area contributed by atoms with Crippen LogP contribution in [0.5, 0.6) is 0 Å². The Kier molecular flexibility index (Phi) is 31.5. The fraction of sp³-hybridized carbons (Fsp3) is 0.597. The van der Waals surface area contributed by atoms with Crippen molar-refractivity contribution in [1.29, 1.82) is 0 Å². The normalized spacial score (nSPS) is 14.0. The van der Waals surface area contributed by atoms with Crippen molar-refractivity contribution in [2.24, 2.45) is 23.3 Å². The number of thioether (sulfide) groups is 1. The standard InChI is InChI=1S/C62H95N13O11S/c1-8-11-24-50(61(85)74(30-10-3)55(43-25-26-43)58(82)65-28-32-76)73(7)60(84)51(35-42-19-14-13-15-20-42)72(6)54(79)39-68-53(78)40-87-33-29-66-56(80)48(34-41(4)5)70-52(77)38-69-57(81)49(36-44-37-67-47-23-17-16-21-45(44)47)71-62(86)75(31-12-9-2)59(83)46(64)22-18-27-63/h13-17,19-21,23,32,37,41,43,46,48-51,55,67H,8-12,18,22,24-31,33-36,38-40,63-64H2,1-7H3,(H,65,82)(H,66,80)(H,68,78)(H,69,81)(H,70,77)(H,71,86)/t46-,48-,49-,50-,51-,55?/m0/s1. The van der Waals surface area contributed by atoms with E-state index < -0.39 is 103 Å². The number of nitrogens with two attached hydrogens (primary N) is 2. The molecule has 2 aromatic carbocycles. The third-order valence-electron chi connectivity index (χ3n) is 15.1. The number of aromatic nitrogens is 1. The van der Waals surface area contributed by atoms with Crippen molar-refractivity contribution in [1.82, 2.24) is 56.5 Å². The lowest BCUT2D eigenvalue weighted by atomic mass is 10.00. The molecule has 1 heterocycles. The highest BCUT2D eigenvalue weighted by Crippen LogP contribution is 2.36. The van der Waals surface area contributed by atoms with Gasteiger partial charge in [0, 0.05) is 69.4 Å². The second-order valence-electron chi connectivity index (χ2n) is 22.6. The first-order chi connectivity index (χ1) is 41.7. The van der Waals surface area contributed by atoms with Crippen molar-refractivity contribution in [3.05, 3.63) is 71.9 Å². The van der Waals surface area contributed by atoms with E-state index in [1.807, 2.05) is 89.2 Å². The number of urea groups is 1. The first-order valence-corrected chi connectivity index (χ1v) is 31.8. The minimum Gasteiger partial charge on any atom is -0.361 e. The summed E-state index contributed by atoms with van der Waals surface area (Å²) in [5, 5.41) is 16.9. The molecular weight excluding hydrogens is 1130 g/mol. The molecule has 24 nitrogen and oxygen atoms in total. The lowest BCUT2D eigenvalue weighted by Gasteiger charge is -2.39. The third-order valence-corrected chi connectivity index (χ3v) is 16.1. The topological polar surface area (TPSA) is 341 Å². The molecule has 480 valence electrons. The lowest BCUT2D eigenvalue weighted by Crippen LogP contribution is -2.59. The van der Waals surface area contributed by atoms with E-state index in [2.05, 4.69) is 36.9 Å². The van der Waals surface area contributed by atoms with Gasteiger partial charge in [-0.2, -0.15) is 11.8 Å². The predicted octanol–water partition coefficient (Wildman–Crippen LogP) is 2.52. The van der Waals surface area contributed by atoms with Crippen molar-refractivity contribution >= 4 is 88.1 Å². The molecule has 0 aliphatic heterocycles. The SMILES string of the molecule is CCCC[C@@H](C(=O)N(CCC)C(C(=O)NCC=O)C1CC1)N(C)C(=O)[C@H](Cc1ccccc1)N(C)C(=O)CNC(=O)CSCCNC(=O)[C@H](CC(C)C)NC(=O)CNC(=O)[C@H](Cc1c[nH]c2ccccc12)NC(=O)N(CCCC)C(=O)[C@@H](N)CCCN. The number of fused-ring (bicyclic) bond motifs is 1.